The molecule has 2 aromatic carbocycles. The summed E-state index contributed by atoms with van der Waals surface area (Å²) in [5.74, 6) is -4.89. The number of aromatic amines is 1. The number of hydrogen-bond acceptors (Lipinski definition) is 2. The first-order valence-corrected chi connectivity index (χ1v) is 10.0. The number of rotatable bonds is 3. The number of aromatic nitrogens is 1. The second-order valence-corrected chi connectivity index (χ2v) is 8.39. The third-order valence-electron chi connectivity index (χ3n) is 5.08. The Kier molecular flexibility index (Phi) is 4.27. The molecule has 1 unspecified atom stereocenters. The van der Waals surface area contributed by atoms with E-state index in [1.54, 1.807) is 0 Å². The van der Waals surface area contributed by atoms with Crippen LogP contribution < -0.4 is 0 Å². The molecule has 0 saturated carbocycles. The van der Waals surface area contributed by atoms with Crippen molar-refractivity contribution in [3.8, 4) is 0 Å². The van der Waals surface area contributed by atoms with E-state index in [-0.39, 0.29) is 6.54 Å². The zero-order valence-corrected chi connectivity index (χ0v) is 15.3. The van der Waals surface area contributed by atoms with Crippen LogP contribution in [0.15, 0.2) is 41.3 Å². The van der Waals surface area contributed by atoms with Gasteiger partial charge >= 0.3 is 0 Å². The van der Waals surface area contributed by atoms with E-state index in [2.05, 4.69) is 4.98 Å². The van der Waals surface area contributed by atoms with Gasteiger partial charge in [0, 0.05) is 23.1 Å². The number of H-pyrrole nitrogens is 1. The van der Waals surface area contributed by atoms with Gasteiger partial charge in [-0.25, -0.2) is 21.6 Å². The molecule has 4 rings (SSSR count). The molecule has 1 aliphatic heterocycles. The molecule has 1 aliphatic rings. The highest BCUT2D eigenvalue weighted by Gasteiger charge is 2.39. The minimum absolute atomic E-state index is 0.133. The fourth-order valence-corrected chi connectivity index (χ4v) is 5.56. The van der Waals surface area contributed by atoms with Crippen molar-refractivity contribution in [2.75, 3.05) is 6.54 Å². The quantitative estimate of drug-likeness (QED) is 0.674. The number of nitrogens with one attached hydrogen (secondary N) is 1. The van der Waals surface area contributed by atoms with E-state index in [9.17, 15) is 21.6 Å². The van der Waals surface area contributed by atoms with Gasteiger partial charge in [-0.15, -0.1) is 0 Å². The van der Waals surface area contributed by atoms with Crippen LogP contribution in [-0.2, 0) is 16.4 Å². The smallest absolute Gasteiger partial charge is 0.246 e. The maximum Gasteiger partial charge on any atom is 0.246 e. The summed E-state index contributed by atoms with van der Waals surface area (Å²) in [7, 11) is -4.34. The van der Waals surface area contributed by atoms with Crippen molar-refractivity contribution in [3.63, 3.8) is 0 Å². The van der Waals surface area contributed by atoms with E-state index in [0.29, 0.717) is 18.9 Å². The van der Waals surface area contributed by atoms with Crippen LogP contribution in [0.2, 0.25) is 0 Å². The van der Waals surface area contributed by atoms with Gasteiger partial charge in [-0.05, 0) is 36.6 Å². The van der Waals surface area contributed by atoms with Crippen molar-refractivity contribution in [3.05, 3.63) is 65.1 Å². The molecule has 1 N–H and O–H groups in total. The van der Waals surface area contributed by atoms with Gasteiger partial charge in [0.1, 0.15) is 4.90 Å². The summed E-state index contributed by atoms with van der Waals surface area (Å²) in [6, 6.07) is 8.54. The highest BCUT2D eigenvalue weighted by molar-refractivity contribution is 7.89. The molecule has 27 heavy (non-hydrogen) atoms. The zero-order valence-electron chi connectivity index (χ0n) is 14.5. The lowest BCUT2D eigenvalue weighted by molar-refractivity contribution is 0.295. The van der Waals surface area contributed by atoms with Gasteiger partial charge in [-0.3, -0.25) is 0 Å². The molecule has 1 aromatic heterocycles. The molecule has 1 atom stereocenters. The number of nitrogens with zero attached hydrogens (tertiary/aromatic N) is 1. The molecule has 0 amide bonds. The molecule has 3 aromatic rings. The highest BCUT2D eigenvalue weighted by atomic mass is 32.2. The van der Waals surface area contributed by atoms with Crippen molar-refractivity contribution in [1.29, 1.82) is 0 Å². The van der Waals surface area contributed by atoms with Crippen molar-refractivity contribution >= 4 is 20.9 Å². The second kappa shape index (κ2) is 6.38. The summed E-state index contributed by atoms with van der Waals surface area (Å²) < 4.78 is 68.3. The molecule has 2 heterocycles. The molecule has 0 aliphatic carbocycles. The maximum atomic E-state index is 14.2. The lowest BCUT2D eigenvalue weighted by Crippen LogP contribution is -2.40. The van der Waals surface area contributed by atoms with E-state index >= 15 is 0 Å². The Hall–Kier alpha value is -2.32. The molecule has 0 fully saturated rings. The molecule has 8 heteroatoms. The Labute approximate surface area is 154 Å². The monoisotopic (exact) mass is 394 g/mol. The largest absolute Gasteiger partial charge is 0.357 e. The number of hydrogen-bond donors (Lipinski definition) is 1. The summed E-state index contributed by atoms with van der Waals surface area (Å²) in [6.45, 7) is 1.96. The summed E-state index contributed by atoms with van der Waals surface area (Å²) in [4.78, 5) is 2.42. The van der Waals surface area contributed by atoms with Gasteiger partial charge in [0.2, 0.25) is 10.0 Å². The first kappa shape index (κ1) is 18.1. The van der Waals surface area contributed by atoms with Gasteiger partial charge in [-0.2, -0.15) is 4.31 Å². The normalized spacial score (nSPS) is 18.0. The summed E-state index contributed by atoms with van der Waals surface area (Å²) in [6.07, 6.45) is 0.894. The van der Waals surface area contributed by atoms with E-state index < -0.39 is 38.4 Å². The molecule has 0 spiro atoms. The third kappa shape index (κ3) is 2.66. The topological polar surface area (TPSA) is 53.2 Å². The Morgan fingerprint density at radius 3 is 2.59 bits per heavy atom. The van der Waals surface area contributed by atoms with Crippen LogP contribution in [0, 0.1) is 17.5 Å². The Morgan fingerprint density at radius 1 is 1.11 bits per heavy atom. The van der Waals surface area contributed by atoms with E-state index in [1.165, 1.54) is 4.31 Å². The first-order valence-electron chi connectivity index (χ1n) is 8.61. The van der Waals surface area contributed by atoms with Crippen molar-refractivity contribution in [2.24, 2.45) is 0 Å². The van der Waals surface area contributed by atoms with Crippen LogP contribution in [0.25, 0.3) is 10.9 Å². The number of fused-ring (bicyclic) bond motifs is 3. The fraction of sp³-hybridized carbons (Fsp3) is 0.263. The summed E-state index contributed by atoms with van der Waals surface area (Å²) in [5.41, 5.74) is 2.70. The maximum absolute atomic E-state index is 14.2. The molecular weight excluding hydrogens is 377 g/mol. The molecule has 0 saturated heterocycles. The fourth-order valence-electron chi connectivity index (χ4n) is 3.83. The van der Waals surface area contributed by atoms with Gasteiger partial charge < -0.3 is 4.98 Å². The zero-order chi connectivity index (χ0) is 19.3. The highest BCUT2D eigenvalue weighted by Crippen LogP contribution is 2.39. The SMILES string of the molecule is CCC1c2[nH]c3ccccc3c2CCN1S(=O)(=O)c1ccc(F)c(F)c1F. The van der Waals surface area contributed by atoms with Crippen LogP contribution in [0.5, 0.6) is 0 Å². The molecule has 142 valence electrons. The van der Waals surface area contributed by atoms with Gasteiger partial charge in [-0.1, -0.05) is 25.1 Å². The Bertz CT molecular complexity index is 1140. The minimum atomic E-state index is -4.34. The van der Waals surface area contributed by atoms with Gasteiger partial charge in [0.05, 0.1) is 6.04 Å². The third-order valence-corrected chi connectivity index (χ3v) is 7.01. The number of benzene rings is 2. The lowest BCUT2D eigenvalue weighted by atomic mass is 9.98. The van der Waals surface area contributed by atoms with Crippen molar-refractivity contribution < 1.29 is 21.6 Å². The average Bonchev–Trinajstić information content (AvgIpc) is 3.04. The number of sulfonamides is 1. The van der Waals surface area contributed by atoms with Crippen LogP contribution in [-0.4, -0.2) is 24.3 Å². The first-order chi connectivity index (χ1) is 12.9. The average molecular weight is 394 g/mol. The predicted molar refractivity (Wildman–Crippen MR) is 95.2 cm³/mol. The van der Waals surface area contributed by atoms with Crippen molar-refractivity contribution in [2.45, 2.75) is 30.7 Å². The van der Waals surface area contributed by atoms with E-state index in [1.807, 2.05) is 31.2 Å². The van der Waals surface area contributed by atoms with Crippen LogP contribution in [0.4, 0.5) is 13.2 Å². The van der Waals surface area contributed by atoms with E-state index in [0.717, 1.165) is 28.2 Å². The van der Waals surface area contributed by atoms with Gasteiger partial charge in [0.15, 0.2) is 17.5 Å². The molecule has 4 nitrogen and oxygen atoms in total. The predicted octanol–water partition coefficient (Wildman–Crippen LogP) is 4.28. The van der Waals surface area contributed by atoms with E-state index in [4.69, 9.17) is 0 Å². The molecule has 0 radical (unpaired) electrons. The molecule has 0 bridgehead atoms. The number of halogens is 3. The Balaban J connectivity index is 1.84. The number of para-hydroxylation sites is 1. The lowest BCUT2D eigenvalue weighted by Gasteiger charge is -2.34. The molecular formula is C19H17F3N2O2S. The minimum Gasteiger partial charge on any atom is -0.357 e. The van der Waals surface area contributed by atoms with Crippen molar-refractivity contribution in [1.82, 2.24) is 9.29 Å². The van der Waals surface area contributed by atoms with Crippen LogP contribution in [0.1, 0.15) is 30.6 Å². The summed E-state index contributed by atoms with van der Waals surface area (Å²) in [5, 5.41) is 1.03. The van der Waals surface area contributed by atoms with Crippen LogP contribution >= 0.6 is 0 Å². The standard InChI is InChI=1S/C19H17F3N2O2S/c1-2-15-19-12(11-5-3-4-6-14(11)23-19)9-10-24(15)27(25,26)16-8-7-13(20)17(21)18(16)22/h3-8,15,23H,2,9-10H2,1H3. The van der Waals surface area contributed by atoms with Gasteiger partial charge in [0.25, 0.3) is 0 Å². The summed E-state index contributed by atoms with van der Waals surface area (Å²) >= 11 is 0. The Morgan fingerprint density at radius 2 is 1.85 bits per heavy atom. The second-order valence-electron chi connectivity index (χ2n) is 6.53. The van der Waals surface area contributed by atoms with Crippen LogP contribution in [0.3, 0.4) is 0 Å².